The standard InChI is InChI=1S/C21H17N3O2/c1-14-10-11-22-19(12-14)23-20(25)13-24-17-8-4-2-6-15(17)21(26)16-7-3-5-9-18(16)24/h2-12H,13H2,1H3,(H,22,23,25). The van der Waals surface area contributed by atoms with Crippen molar-refractivity contribution in [1.82, 2.24) is 9.55 Å². The summed E-state index contributed by atoms with van der Waals surface area (Å²) >= 11 is 0. The first-order valence-corrected chi connectivity index (χ1v) is 8.36. The van der Waals surface area contributed by atoms with Crippen molar-refractivity contribution in [1.29, 1.82) is 0 Å². The van der Waals surface area contributed by atoms with Crippen molar-refractivity contribution >= 4 is 33.5 Å². The van der Waals surface area contributed by atoms with E-state index in [0.29, 0.717) is 16.6 Å². The molecule has 0 radical (unpaired) electrons. The van der Waals surface area contributed by atoms with Crippen LogP contribution in [0, 0.1) is 6.92 Å². The lowest BCUT2D eigenvalue weighted by molar-refractivity contribution is -0.116. The average molecular weight is 343 g/mol. The predicted molar refractivity (Wildman–Crippen MR) is 103 cm³/mol. The van der Waals surface area contributed by atoms with Crippen LogP contribution in [0.3, 0.4) is 0 Å². The summed E-state index contributed by atoms with van der Waals surface area (Å²) in [6.07, 6.45) is 1.66. The molecule has 1 amide bonds. The number of benzene rings is 2. The van der Waals surface area contributed by atoms with Crippen LogP contribution in [0.2, 0.25) is 0 Å². The van der Waals surface area contributed by atoms with Gasteiger partial charge in [-0.1, -0.05) is 24.3 Å². The van der Waals surface area contributed by atoms with E-state index in [-0.39, 0.29) is 17.9 Å². The summed E-state index contributed by atoms with van der Waals surface area (Å²) in [7, 11) is 0. The molecule has 0 aliphatic rings. The van der Waals surface area contributed by atoms with Gasteiger partial charge in [-0.25, -0.2) is 4.98 Å². The second-order valence-electron chi connectivity index (χ2n) is 6.22. The Labute approximate surface area is 149 Å². The highest BCUT2D eigenvalue weighted by Crippen LogP contribution is 2.19. The third kappa shape index (κ3) is 2.84. The number of hydrogen-bond acceptors (Lipinski definition) is 3. The van der Waals surface area contributed by atoms with Gasteiger partial charge in [0.15, 0.2) is 5.43 Å². The molecule has 5 nitrogen and oxygen atoms in total. The van der Waals surface area contributed by atoms with Gasteiger partial charge in [-0.3, -0.25) is 9.59 Å². The maximum Gasteiger partial charge on any atom is 0.245 e. The maximum absolute atomic E-state index is 12.7. The summed E-state index contributed by atoms with van der Waals surface area (Å²) in [5.41, 5.74) is 2.48. The van der Waals surface area contributed by atoms with Gasteiger partial charge in [0.05, 0.1) is 11.0 Å². The minimum Gasteiger partial charge on any atom is -0.331 e. The minimum atomic E-state index is -0.193. The van der Waals surface area contributed by atoms with Crippen molar-refractivity contribution in [2.24, 2.45) is 0 Å². The fourth-order valence-electron chi connectivity index (χ4n) is 3.18. The van der Waals surface area contributed by atoms with Crippen LogP contribution in [0.5, 0.6) is 0 Å². The van der Waals surface area contributed by atoms with Gasteiger partial charge in [0.2, 0.25) is 5.91 Å². The average Bonchev–Trinajstić information content (AvgIpc) is 2.65. The second-order valence-corrected chi connectivity index (χ2v) is 6.22. The Hall–Kier alpha value is -3.47. The Morgan fingerprint density at radius 3 is 2.23 bits per heavy atom. The molecule has 0 aliphatic heterocycles. The Morgan fingerprint density at radius 1 is 1.00 bits per heavy atom. The second kappa shape index (κ2) is 6.44. The lowest BCUT2D eigenvalue weighted by atomic mass is 10.1. The van der Waals surface area contributed by atoms with E-state index in [9.17, 15) is 9.59 Å². The highest BCUT2D eigenvalue weighted by molar-refractivity contribution is 5.96. The number of rotatable bonds is 3. The molecule has 2 aromatic carbocycles. The lowest BCUT2D eigenvalue weighted by Gasteiger charge is -2.15. The molecule has 0 bridgehead atoms. The molecular formula is C21H17N3O2. The van der Waals surface area contributed by atoms with Crippen molar-refractivity contribution in [3.05, 3.63) is 82.6 Å². The molecule has 2 aromatic heterocycles. The summed E-state index contributed by atoms with van der Waals surface area (Å²) < 4.78 is 1.87. The van der Waals surface area contributed by atoms with E-state index in [2.05, 4.69) is 10.3 Å². The topological polar surface area (TPSA) is 64.0 Å². The molecule has 4 rings (SSSR count). The van der Waals surface area contributed by atoms with Crippen LogP contribution in [0.1, 0.15) is 5.56 Å². The lowest BCUT2D eigenvalue weighted by Crippen LogP contribution is -2.22. The molecule has 26 heavy (non-hydrogen) atoms. The van der Waals surface area contributed by atoms with Gasteiger partial charge in [0.1, 0.15) is 12.4 Å². The molecule has 0 atom stereocenters. The highest BCUT2D eigenvalue weighted by Gasteiger charge is 2.13. The summed E-state index contributed by atoms with van der Waals surface area (Å²) in [4.78, 5) is 29.5. The minimum absolute atomic E-state index is 0.0202. The fraction of sp³-hybridized carbons (Fsp3) is 0.0952. The number of nitrogens with one attached hydrogen (secondary N) is 1. The van der Waals surface area contributed by atoms with Crippen molar-refractivity contribution in [2.75, 3.05) is 5.32 Å². The highest BCUT2D eigenvalue weighted by atomic mass is 16.2. The molecular weight excluding hydrogens is 326 g/mol. The zero-order chi connectivity index (χ0) is 18.1. The van der Waals surface area contributed by atoms with Crippen molar-refractivity contribution in [3.8, 4) is 0 Å². The van der Waals surface area contributed by atoms with Gasteiger partial charge >= 0.3 is 0 Å². The van der Waals surface area contributed by atoms with Crippen molar-refractivity contribution in [2.45, 2.75) is 13.5 Å². The number of fused-ring (bicyclic) bond motifs is 2. The molecule has 0 saturated heterocycles. The molecule has 0 unspecified atom stereocenters. The van der Waals surface area contributed by atoms with E-state index in [1.165, 1.54) is 0 Å². The summed E-state index contributed by atoms with van der Waals surface area (Å²) in [6.45, 7) is 2.04. The van der Waals surface area contributed by atoms with E-state index in [1.807, 2.05) is 60.0 Å². The SMILES string of the molecule is Cc1ccnc(NC(=O)Cn2c3ccccc3c(=O)c3ccccc32)c1. The van der Waals surface area contributed by atoms with Gasteiger partial charge in [-0.15, -0.1) is 0 Å². The third-order valence-corrected chi connectivity index (χ3v) is 4.36. The number of anilines is 1. The number of nitrogens with zero attached hydrogens (tertiary/aromatic N) is 2. The van der Waals surface area contributed by atoms with Crippen LogP contribution in [0.25, 0.3) is 21.8 Å². The Bertz CT molecular complexity index is 1130. The fourth-order valence-corrected chi connectivity index (χ4v) is 3.18. The van der Waals surface area contributed by atoms with Crippen LogP contribution in [0.15, 0.2) is 71.7 Å². The number of hydrogen-bond donors (Lipinski definition) is 1. The number of carbonyl (C=O) groups excluding carboxylic acids is 1. The third-order valence-electron chi connectivity index (χ3n) is 4.36. The monoisotopic (exact) mass is 343 g/mol. The molecule has 0 fully saturated rings. The Morgan fingerprint density at radius 2 is 1.62 bits per heavy atom. The molecule has 4 aromatic rings. The summed E-state index contributed by atoms with van der Waals surface area (Å²) in [5.74, 6) is 0.326. The van der Waals surface area contributed by atoms with E-state index in [1.54, 1.807) is 18.3 Å². The van der Waals surface area contributed by atoms with E-state index < -0.39 is 0 Å². The van der Waals surface area contributed by atoms with Crippen LogP contribution in [0.4, 0.5) is 5.82 Å². The Balaban J connectivity index is 1.81. The van der Waals surface area contributed by atoms with Crippen molar-refractivity contribution in [3.63, 3.8) is 0 Å². The van der Waals surface area contributed by atoms with Gasteiger partial charge in [0.25, 0.3) is 0 Å². The molecule has 1 N–H and O–H groups in total. The van der Waals surface area contributed by atoms with Crippen LogP contribution >= 0.6 is 0 Å². The van der Waals surface area contributed by atoms with Gasteiger partial charge in [-0.2, -0.15) is 0 Å². The normalized spacial score (nSPS) is 11.0. The van der Waals surface area contributed by atoms with Gasteiger partial charge in [-0.05, 0) is 48.9 Å². The molecule has 128 valence electrons. The number of amides is 1. The zero-order valence-electron chi connectivity index (χ0n) is 14.3. The summed E-state index contributed by atoms with van der Waals surface area (Å²) in [5, 5.41) is 4.03. The number of para-hydroxylation sites is 2. The van der Waals surface area contributed by atoms with Crippen molar-refractivity contribution < 1.29 is 4.79 Å². The molecule has 0 saturated carbocycles. The smallest absolute Gasteiger partial charge is 0.245 e. The maximum atomic E-state index is 12.7. The van der Waals surface area contributed by atoms with Gasteiger partial charge < -0.3 is 9.88 Å². The number of pyridine rings is 2. The van der Waals surface area contributed by atoms with Crippen LogP contribution in [-0.4, -0.2) is 15.5 Å². The molecule has 5 heteroatoms. The van der Waals surface area contributed by atoms with E-state index >= 15 is 0 Å². The summed E-state index contributed by atoms with van der Waals surface area (Å²) in [6, 6.07) is 18.4. The molecule has 0 aliphatic carbocycles. The van der Waals surface area contributed by atoms with E-state index in [4.69, 9.17) is 0 Å². The first-order chi connectivity index (χ1) is 12.6. The number of aryl methyl sites for hydroxylation is 1. The predicted octanol–water partition coefficient (Wildman–Crippen LogP) is 3.50. The first kappa shape index (κ1) is 16.0. The Kier molecular flexibility index (Phi) is 3.97. The molecule has 0 spiro atoms. The quantitative estimate of drug-likeness (QED) is 0.579. The largest absolute Gasteiger partial charge is 0.331 e. The zero-order valence-corrected chi connectivity index (χ0v) is 14.3. The van der Waals surface area contributed by atoms with Gasteiger partial charge in [0, 0.05) is 17.0 Å². The number of carbonyl (C=O) groups is 1. The van der Waals surface area contributed by atoms with Crippen LogP contribution in [-0.2, 0) is 11.3 Å². The molecule has 2 heterocycles. The van der Waals surface area contributed by atoms with E-state index in [0.717, 1.165) is 16.6 Å². The first-order valence-electron chi connectivity index (χ1n) is 8.36. The van der Waals surface area contributed by atoms with Crippen LogP contribution < -0.4 is 10.7 Å². The number of aromatic nitrogens is 2.